The molecule has 0 fully saturated rings. The van der Waals surface area contributed by atoms with Crippen LogP contribution in [0.3, 0.4) is 0 Å². The van der Waals surface area contributed by atoms with E-state index in [9.17, 15) is 9.59 Å². The number of rotatable bonds is 1. The van der Waals surface area contributed by atoms with E-state index in [1.165, 1.54) is 13.2 Å². The molecule has 0 spiro atoms. The van der Waals surface area contributed by atoms with Gasteiger partial charge in [0.15, 0.2) is 0 Å². The van der Waals surface area contributed by atoms with Crippen LogP contribution < -0.4 is 10.6 Å². The quantitative estimate of drug-likeness (QED) is 0.568. The standard InChI is InChI=1S/C12H12N2O3/c1-17-12(16)7-8-6-11(15)14-10-5-3-2-4-9(10)13-8/h2-5,7,13H,6H2,1H3,(H,14,15)/b8-7+. The number of ether oxygens (including phenoxy) is 1. The van der Waals surface area contributed by atoms with E-state index in [2.05, 4.69) is 15.4 Å². The number of hydrogen-bond donors (Lipinski definition) is 2. The van der Waals surface area contributed by atoms with Crippen LogP contribution in [0.4, 0.5) is 11.4 Å². The summed E-state index contributed by atoms with van der Waals surface area (Å²) in [5.41, 5.74) is 1.97. The number of benzene rings is 1. The Kier molecular flexibility index (Phi) is 3.09. The fraction of sp³-hybridized carbons (Fsp3) is 0.167. The molecule has 0 atom stereocenters. The molecule has 1 amide bonds. The molecule has 1 aliphatic rings. The Balaban J connectivity index is 2.32. The third-order valence-corrected chi connectivity index (χ3v) is 2.34. The van der Waals surface area contributed by atoms with E-state index in [-0.39, 0.29) is 12.3 Å². The van der Waals surface area contributed by atoms with Crippen LogP contribution >= 0.6 is 0 Å². The molecule has 0 unspecified atom stereocenters. The molecule has 17 heavy (non-hydrogen) atoms. The van der Waals surface area contributed by atoms with Gasteiger partial charge in [-0.3, -0.25) is 4.79 Å². The zero-order chi connectivity index (χ0) is 12.3. The van der Waals surface area contributed by atoms with Crippen LogP contribution in [0, 0.1) is 0 Å². The summed E-state index contributed by atoms with van der Waals surface area (Å²) >= 11 is 0. The average Bonchev–Trinajstić information content (AvgIpc) is 2.46. The molecular weight excluding hydrogens is 220 g/mol. The van der Waals surface area contributed by atoms with Crippen molar-refractivity contribution >= 4 is 23.3 Å². The summed E-state index contributed by atoms with van der Waals surface area (Å²) in [6, 6.07) is 7.29. The lowest BCUT2D eigenvalue weighted by Gasteiger charge is -2.07. The van der Waals surface area contributed by atoms with E-state index in [1.807, 2.05) is 18.2 Å². The van der Waals surface area contributed by atoms with Crippen molar-refractivity contribution in [3.63, 3.8) is 0 Å². The lowest BCUT2D eigenvalue weighted by atomic mass is 10.2. The second-order valence-corrected chi connectivity index (χ2v) is 3.59. The number of esters is 1. The first-order valence-electron chi connectivity index (χ1n) is 5.13. The second kappa shape index (κ2) is 4.69. The predicted octanol–water partition coefficient (Wildman–Crippen LogP) is 1.50. The third-order valence-electron chi connectivity index (χ3n) is 2.34. The third kappa shape index (κ3) is 2.63. The largest absolute Gasteiger partial charge is 0.466 e. The average molecular weight is 232 g/mol. The molecule has 2 N–H and O–H groups in total. The molecule has 88 valence electrons. The van der Waals surface area contributed by atoms with E-state index >= 15 is 0 Å². The molecule has 0 radical (unpaired) electrons. The molecule has 1 heterocycles. The van der Waals surface area contributed by atoms with Gasteiger partial charge in [0.1, 0.15) is 0 Å². The number of carbonyl (C=O) groups is 2. The van der Waals surface area contributed by atoms with Gasteiger partial charge in [-0.15, -0.1) is 0 Å². The SMILES string of the molecule is COC(=O)/C=C1\CC(=O)Nc2ccccc2N1. The van der Waals surface area contributed by atoms with E-state index in [1.54, 1.807) is 6.07 Å². The van der Waals surface area contributed by atoms with Gasteiger partial charge in [-0.05, 0) is 12.1 Å². The zero-order valence-corrected chi connectivity index (χ0v) is 9.32. The fourth-order valence-corrected chi connectivity index (χ4v) is 1.57. The molecule has 0 saturated carbocycles. The van der Waals surface area contributed by atoms with Crippen molar-refractivity contribution in [1.29, 1.82) is 0 Å². The molecule has 0 aliphatic carbocycles. The molecule has 5 nitrogen and oxygen atoms in total. The van der Waals surface area contributed by atoms with Crippen LogP contribution in [0.25, 0.3) is 0 Å². The van der Waals surface area contributed by atoms with Gasteiger partial charge in [-0.1, -0.05) is 12.1 Å². The number of methoxy groups -OCH3 is 1. The van der Waals surface area contributed by atoms with Gasteiger partial charge in [0, 0.05) is 11.8 Å². The minimum atomic E-state index is -0.486. The molecule has 0 saturated heterocycles. The minimum absolute atomic E-state index is 0.115. The van der Waals surface area contributed by atoms with Crippen molar-refractivity contribution in [2.45, 2.75) is 6.42 Å². The zero-order valence-electron chi connectivity index (χ0n) is 9.32. The molecule has 1 aromatic rings. The second-order valence-electron chi connectivity index (χ2n) is 3.59. The molecule has 1 aliphatic heterocycles. The molecular formula is C12H12N2O3. The Morgan fingerprint density at radius 3 is 2.59 bits per heavy atom. The Hall–Kier alpha value is -2.30. The Morgan fingerprint density at radius 2 is 1.94 bits per heavy atom. The molecule has 2 rings (SSSR count). The number of nitrogens with one attached hydrogen (secondary N) is 2. The summed E-state index contributed by atoms with van der Waals surface area (Å²) in [5.74, 6) is -0.655. The maximum atomic E-state index is 11.6. The van der Waals surface area contributed by atoms with Gasteiger partial charge in [0.25, 0.3) is 0 Å². The van der Waals surface area contributed by atoms with Crippen molar-refractivity contribution < 1.29 is 14.3 Å². The van der Waals surface area contributed by atoms with Crippen LogP contribution in [0.1, 0.15) is 6.42 Å². The fourth-order valence-electron chi connectivity index (χ4n) is 1.57. The normalized spacial score (nSPS) is 16.5. The lowest BCUT2D eigenvalue weighted by molar-refractivity contribution is -0.134. The molecule has 1 aromatic carbocycles. The first kappa shape index (κ1) is 11.2. The van der Waals surface area contributed by atoms with Gasteiger partial charge in [0.05, 0.1) is 24.9 Å². The van der Waals surface area contributed by atoms with E-state index in [4.69, 9.17) is 0 Å². The predicted molar refractivity (Wildman–Crippen MR) is 63.4 cm³/mol. The van der Waals surface area contributed by atoms with Crippen molar-refractivity contribution in [3.05, 3.63) is 36.0 Å². The molecule has 0 aromatic heterocycles. The smallest absolute Gasteiger partial charge is 0.332 e. The van der Waals surface area contributed by atoms with Gasteiger partial charge in [-0.2, -0.15) is 0 Å². The van der Waals surface area contributed by atoms with Gasteiger partial charge >= 0.3 is 5.97 Å². The maximum absolute atomic E-state index is 11.6. The topological polar surface area (TPSA) is 67.4 Å². The van der Waals surface area contributed by atoms with Crippen LogP contribution in [-0.4, -0.2) is 19.0 Å². The summed E-state index contributed by atoms with van der Waals surface area (Å²) < 4.78 is 4.53. The van der Waals surface area contributed by atoms with Crippen molar-refractivity contribution in [3.8, 4) is 0 Å². The van der Waals surface area contributed by atoms with Crippen molar-refractivity contribution in [2.75, 3.05) is 17.7 Å². The van der Waals surface area contributed by atoms with E-state index in [0.717, 1.165) is 5.69 Å². The first-order valence-corrected chi connectivity index (χ1v) is 5.13. The Morgan fingerprint density at radius 1 is 1.29 bits per heavy atom. The summed E-state index contributed by atoms with van der Waals surface area (Å²) in [4.78, 5) is 22.7. The highest BCUT2D eigenvalue weighted by Gasteiger charge is 2.16. The van der Waals surface area contributed by atoms with E-state index < -0.39 is 5.97 Å². The van der Waals surface area contributed by atoms with Crippen LogP contribution in [0.2, 0.25) is 0 Å². The number of carbonyl (C=O) groups excluding carboxylic acids is 2. The highest BCUT2D eigenvalue weighted by Crippen LogP contribution is 2.26. The monoisotopic (exact) mass is 232 g/mol. The number of para-hydroxylation sites is 2. The number of amides is 1. The Labute approximate surface area is 98.5 Å². The first-order chi connectivity index (χ1) is 8.19. The van der Waals surface area contributed by atoms with Crippen LogP contribution in [0.15, 0.2) is 36.0 Å². The van der Waals surface area contributed by atoms with Crippen molar-refractivity contribution in [2.24, 2.45) is 0 Å². The summed E-state index contributed by atoms with van der Waals surface area (Å²) in [6.07, 6.45) is 1.39. The summed E-state index contributed by atoms with van der Waals surface area (Å²) in [5, 5.41) is 5.78. The maximum Gasteiger partial charge on any atom is 0.332 e. The number of anilines is 2. The summed E-state index contributed by atoms with van der Waals surface area (Å²) in [6.45, 7) is 0. The van der Waals surface area contributed by atoms with Gasteiger partial charge in [0.2, 0.25) is 5.91 Å². The van der Waals surface area contributed by atoms with Crippen LogP contribution in [0.5, 0.6) is 0 Å². The minimum Gasteiger partial charge on any atom is -0.466 e. The Bertz CT molecular complexity index is 494. The summed E-state index contributed by atoms with van der Waals surface area (Å²) in [7, 11) is 1.30. The number of fused-ring (bicyclic) bond motifs is 1. The highest BCUT2D eigenvalue weighted by molar-refractivity contribution is 5.99. The highest BCUT2D eigenvalue weighted by atomic mass is 16.5. The molecule has 5 heteroatoms. The van der Waals surface area contributed by atoms with Gasteiger partial charge in [-0.25, -0.2) is 4.79 Å². The number of hydrogen-bond acceptors (Lipinski definition) is 4. The van der Waals surface area contributed by atoms with Crippen LogP contribution in [-0.2, 0) is 14.3 Å². The molecule has 0 bridgehead atoms. The van der Waals surface area contributed by atoms with Crippen molar-refractivity contribution in [1.82, 2.24) is 0 Å². The van der Waals surface area contributed by atoms with E-state index in [0.29, 0.717) is 11.4 Å². The van der Waals surface area contributed by atoms with Gasteiger partial charge < -0.3 is 15.4 Å². The lowest BCUT2D eigenvalue weighted by Crippen LogP contribution is -2.11.